The topological polar surface area (TPSA) is 69.0 Å². The Bertz CT molecular complexity index is 691. The van der Waals surface area contributed by atoms with E-state index >= 15 is 0 Å². The number of pyridine rings is 1. The third-order valence-electron chi connectivity index (χ3n) is 3.02. The monoisotopic (exact) mass is 280 g/mol. The summed E-state index contributed by atoms with van der Waals surface area (Å²) in [6.07, 6.45) is 0. The standard InChI is InChI=1S/C16H16N4O/c1-12(21)20(2)11-13-5-3-6-14(9-13)18-16-8-4-7-15(10-17)19-16/h3-9H,11H2,1-2H3,(H,18,19). The van der Waals surface area contributed by atoms with Gasteiger partial charge in [0.05, 0.1) is 0 Å². The lowest BCUT2D eigenvalue weighted by Gasteiger charge is -2.15. The van der Waals surface area contributed by atoms with E-state index in [1.54, 1.807) is 37.1 Å². The molecule has 0 bridgehead atoms. The fourth-order valence-electron chi connectivity index (χ4n) is 1.85. The van der Waals surface area contributed by atoms with Gasteiger partial charge in [0.1, 0.15) is 17.6 Å². The second-order valence-electron chi connectivity index (χ2n) is 4.72. The lowest BCUT2D eigenvalue weighted by atomic mass is 10.2. The molecule has 0 aliphatic heterocycles. The number of hydrogen-bond acceptors (Lipinski definition) is 4. The van der Waals surface area contributed by atoms with Crippen molar-refractivity contribution in [2.45, 2.75) is 13.5 Å². The molecule has 1 aromatic carbocycles. The molecule has 0 saturated carbocycles. The van der Waals surface area contributed by atoms with Crippen LogP contribution >= 0.6 is 0 Å². The van der Waals surface area contributed by atoms with E-state index in [1.165, 1.54) is 0 Å². The second kappa shape index (κ2) is 6.53. The first kappa shape index (κ1) is 14.5. The Balaban J connectivity index is 2.14. The SMILES string of the molecule is CC(=O)N(C)Cc1cccc(Nc2cccc(C#N)n2)c1. The molecule has 5 nitrogen and oxygen atoms in total. The van der Waals surface area contributed by atoms with E-state index in [4.69, 9.17) is 5.26 Å². The third kappa shape index (κ3) is 4.05. The zero-order chi connectivity index (χ0) is 15.2. The predicted molar refractivity (Wildman–Crippen MR) is 80.8 cm³/mol. The number of rotatable bonds is 4. The van der Waals surface area contributed by atoms with Gasteiger partial charge in [-0.05, 0) is 29.8 Å². The quantitative estimate of drug-likeness (QED) is 0.934. The molecule has 21 heavy (non-hydrogen) atoms. The Morgan fingerprint density at radius 3 is 2.81 bits per heavy atom. The van der Waals surface area contributed by atoms with Gasteiger partial charge in [0.25, 0.3) is 0 Å². The average molecular weight is 280 g/mol. The molecule has 0 atom stereocenters. The van der Waals surface area contributed by atoms with Crippen LogP contribution in [0.1, 0.15) is 18.2 Å². The predicted octanol–water partition coefficient (Wildman–Crippen LogP) is 2.68. The Hall–Kier alpha value is -2.87. The number of carbonyl (C=O) groups excluding carboxylic acids is 1. The largest absolute Gasteiger partial charge is 0.342 e. The molecule has 2 aromatic rings. The molecule has 0 unspecified atom stereocenters. The van der Waals surface area contributed by atoms with E-state index < -0.39 is 0 Å². The lowest BCUT2D eigenvalue weighted by Crippen LogP contribution is -2.22. The number of aromatic nitrogens is 1. The van der Waals surface area contributed by atoms with Crippen LogP contribution in [0.2, 0.25) is 0 Å². The molecule has 1 heterocycles. The number of amides is 1. The van der Waals surface area contributed by atoms with Crippen molar-refractivity contribution >= 4 is 17.4 Å². The summed E-state index contributed by atoms with van der Waals surface area (Å²) in [5.41, 5.74) is 2.26. The molecule has 1 N–H and O–H groups in total. The molecule has 106 valence electrons. The van der Waals surface area contributed by atoms with Crippen LogP contribution in [0.4, 0.5) is 11.5 Å². The van der Waals surface area contributed by atoms with Gasteiger partial charge in [-0.2, -0.15) is 5.26 Å². The number of carbonyl (C=O) groups is 1. The van der Waals surface area contributed by atoms with Gasteiger partial charge in [0.15, 0.2) is 0 Å². The van der Waals surface area contributed by atoms with Crippen LogP contribution in [0.3, 0.4) is 0 Å². The lowest BCUT2D eigenvalue weighted by molar-refractivity contribution is -0.128. The first-order chi connectivity index (χ1) is 10.1. The normalized spacial score (nSPS) is 9.76. The van der Waals surface area contributed by atoms with Crippen molar-refractivity contribution < 1.29 is 4.79 Å². The number of benzene rings is 1. The molecule has 0 spiro atoms. The number of nitrogens with zero attached hydrogens (tertiary/aromatic N) is 3. The fraction of sp³-hybridized carbons (Fsp3) is 0.188. The van der Waals surface area contributed by atoms with Gasteiger partial charge in [-0.15, -0.1) is 0 Å². The third-order valence-corrected chi connectivity index (χ3v) is 3.02. The highest BCUT2D eigenvalue weighted by Crippen LogP contribution is 2.17. The van der Waals surface area contributed by atoms with Gasteiger partial charge in [0, 0.05) is 26.2 Å². The summed E-state index contributed by atoms with van der Waals surface area (Å²) < 4.78 is 0. The maximum Gasteiger partial charge on any atom is 0.219 e. The van der Waals surface area contributed by atoms with Gasteiger partial charge in [-0.3, -0.25) is 4.79 Å². The van der Waals surface area contributed by atoms with Crippen molar-refractivity contribution in [2.24, 2.45) is 0 Å². The molecule has 0 aliphatic carbocycles. The second-order valence-corrected chi connectivity index (χ2v) is 4.72. The number of nitriles is 1. The summed E-state index contributed by atoms with van der Waals surface area (Å²) in [5.74, 6) is 0.642. The molecule has 0 aliphatic rings. The van der Waals surface area contributed by atoms with E-state index in [9.17, 15) is 4.79 Å². The Morgan fingerprint density at radius 1 is 1.33 bits per heavy atom. The summed E-state index contributed by atoms with van der Waals surface area (Å²) in [6, 6.07) is 15.0. The van der Waals surface area contributed by atoms with E-state index in [0.29, 0.717) is 18.1 Å². The van der Waals surface area contributed by atoms with E-state index in [-0.39, 0.29) is 5.91 Å². The molecule has 0 saturated heterocycles. The highest BCUT2D eigenvalue weighted by molar-refractivity contribution is 5.72. The zero-order valence-electron chi connectivity index (χ0n) is 12.0. The van der Waals surface area contributed by atoms with Crippen molar-refractivity contribution in [1.82, 2.24) is 9.88 Å². The Labute approximate surface area is 123 Å². The molecule has 2 rings (SSSR count). The van der Waals surface area contributed by atoms with Gasteiger partial charge >= 0.3 is 0 Å². The van der Waals surface area contributed by atoms with Gasteiger partial charge < -0.3 is 10.2 Å². The minimum Gasteiger partial charge on any atom is -0.342 e. The Morgan fingerprint density at radius 2 is 2.10 bits per heavy atom. The molecule has 0 radical (unpaired) electrons. The van der Waals surface area contributed by atoms with Crippen molar-refractivity contribution in [1.29, 1.82) is 5.26 Å². The van der Waals surface area contributed by atoms with Crippen molar-refractivity contribution in [3.05, 3.63) is 53.7 Å². The number of nitrogens with one attached hydrogen (secondary N) is 1. The minimum absolute atomic E-state index is 0.0248. The van der Waals surface area contributed by atoms with Gasteiger partial charge in [-0.25, -0.2) is 4.98 Å². The van der Waals surface area contributed by atoms with Crippen molar-refractivity contribution in [2.75, 3.05) is 12.4 Å². The zero-order valence-corrected chi connectivity index (χ0v) is 12.0. The molecular formula is C16H16N4O. The molecule has 1 amide bonds. The first-order valence-corrected chi connectivity index (χ1v) is 6.53. The number of hydrogen-bond donors (Lipinski definition) is 1. The van der Waals surface area contributed by atoms with Gasteiger partial charge in [0.2, 0.25) is 5.91 Å². The van der Waals surface area contributed by atoms with Crippen LogP contribution in [0.25, 0.3) is 0 Å². The highest BCUT2D eigenvalue weighted by atomic mass is 16.2. The molecule has 5 heteroatoms. The van der Waals surface area contributed by atoms with Crippen LogP contribution < -0.4 is 5.32 Å². The maximum atomic E-state index is 11.3. The Kier molecular flexibility index (Phi) is 4.52. The van der Waals surface area contributed by atoms with Crippen LogP contribution in [-0.2, 0) is 11.3 Å². The summed E-state index contributed by atoms with van der Waals surface area (Å²) >= 11 is 0. The number of anilines is 2. The van der Waals surface area contributed by atoms with E-state index in [1.807, 2.05) is 30.3 Å². The summed E-state index contributed by atoms with van der Waals surface area (Å²) in [6.45, 7) is 2.09. The average Bonchev–Trinajstić information content (AvgIpc) is 2.47. The summed E-state index contributed by atoms with van der Waals surface area (Å²) in [5, 5.41) is 12.0. The fourth-order valence-corrected chi connectivity index (χ4v) is 1.85. The summed E-state index contributed by atoms with van der Waals surface area (Å²) in [7, 11) is 1.76. The van der Waals surface area contributed by atoms with Crippen molar-refractivity contribution in [3.8, 4) is 6.07 Å². The van der Waals surface area contributed by atoms with Crippen LogP contribution in [0.15, 0.2) is 42.5 Å². The van der Waals surface area contributed by atoms with Gasteiger partial charge in [-0.1, -0.05) is 18.2 Å². The highest BCUT2D eigenvalue weighted by Gasteiger charge is 2.04. The van der Waals surface area contributed by atoms with Crippen LogP contribution in [-0.4, -0.2) is 22.8 Å². The molecular weight excluding hydrogens is 264 g/mol. The molecule has 1 aromatic heterocycles. The smallest absolute Gasteiger partial charge is 0.219 e. The van der Waals surface area contributed by atoms with Crippen molar-refractivity contribution in [3.63, 3.8) is 0 Å². The summed E-state index contributed by atoms with van der Waals surface area (Å²) in [4.78, 5) is 17.1. The van der Waals surface area contributed by atoms with Crippen LogP contribution in [0, 0.1) is 11.3 Å². The first-order valence-electron chi connectivity index (χ1n) is 6.53. The van der Waals surface area contributed by atoms with E-state index in [0.717, 1.165) is 11.3 Å². The van der Waals surface area contributed by atoms with Crippen LogP contribution in [0.5, 0.6) is 0 Å². The maximum absolute atomic E-state index is 11.3. The minimum atomic E-state index is 0.0248. The van der Waals surface area contributed by atoms with E-state index in [2.05, 4.69) is 10.3 Å². The molecule has 0 fully saturated rings.